The van der Waals surface area contributed by atoms with E-state index in [1.807, 2.05) is 36.8 Å². The fourth-order valence-electron chi connectivity index (χ4n) is 3.19. The first kappa shape index (κ1) is 16.4. The number of pyridine rings is 1. The molecule has 0 radical (unpaired) electrons. The maximum atomic E-state index is 13.0. The number of rotatable bonds is 4. The largest absolute Gasteiger partial charge is 0.495 e. The average molecular weight is 330 g/mol. The normalized spacial score (nSPS) is 20.6. The lowest BCUT2D eigenvalue weighted by molar-refractivity contribution is 0.0779. The van der Waals surface area contributed by atoms with E-state index < -0.39 is 0 Å². The third-order valence-electron chi connectivity index (χ3n) is 4.61. The van der Waals surface area contributed by atoms with E-state index >= 15 is 0 Å². The third kappa shape index (κ3) is 2.84. The van der Waals surface area contributed by atoms with Gasteiger partial charge in [-0.2, -0.15) is 0 Å². The maximum Gasteiger partial charge on any atom is 0.255 e. The van der Waals surface area contributed by atoms with E-state index in [1.165, 1.54) is 0 Å². The Morgan fingerprint density at radius 3 is 2.75 bits per heavy atom. The van der Waals surface area contributed by atoms with Gasteiger partial charge < -0.3 is 14.5 Å². The van der Waals surface area contributed by atoms with E-state index in [9.17, 15) is 4.79 Å². The van der Waals surface area contributed by atoms with Crippen LogP contribution >= 0.6 is 0 Å². The molecule has 8 heteroatoms. The zero-order valence-electron chi connectivity index (χ0n) is 14.4. The summed E-state index contributed by atoms with van der Waals surface area (Å²) in [5.41, 5.74) is 1.38. The standard InChI is InChI=1S/C16H22N6O2/c1-11-12(7-17-8-15(11)24-4)16(23)21-9-13(20(2)3)14(10-21)22-6-5-18-19-22/h5-8,13-14H,9-10H2,1-4H3/t13-,14+/m1/s1. The molecule has 2 aromatic rings. The molecule has 0 saturated carbocycles. The van der Waals surface area contributed by atoms with Crippen LogP contribution in [0.4, 0.5) is 0 Å². The molecule has 1 amide bonds. The van der Waals surface area contributed by atoms with E-state index in [0.717, 1.165) is 5.56 Å². The van der Waals surface area contributed by atoms with E-state index in [2.05, 4.69) is 20.2 Å². The topological polar surface area (TPSA) is 76.4 Å². The molecule has 2 aromatic heterocycles. The Morgan fingerprint density at radius 2 is 2.12 bits per heavy atom. The van der Waals surface area contributed by atoms with Crippen molar-refractivity contribution in [3.63, 3.8) is 0 Å². The Morgan fingerprint density at radius 1 is 1.33 bits per heavy atom. The Balaban J connectivity index is 1.87. The molecule has 0 bridgehead atoms. The SMILES string of the molecule is COc1cncc(C(=O)N2C[C@@H](N(C)C)[C@@H](n3ccnn3)C2)c1C. The van der Waals surface area contributed by atoms with Crippen molar-refractivity contribution in [3.05, 3.63) is 35.9 Å². The van der Waals surface area contributed by atoms with Gasteiger partial charge in [0.15, 0.2) is 0 Å². The van der Waals surface area contributed by atoms with Crippen molar-refractivity contribution >= 4 is 5.91 Å². The second kappa shape index (κ2) is 6.56. The lowest BCUT2D eigenvalue weighted by Crippen LogP contribution is -2.37. The summed E-state index contributed by atoms with van der Waals surface area (Å²) in [6, 6.07) is 0.250. The minimum absolute atomic E-state index is 0.0339. The number of hydrogen-bond donors (Lipinski definition) is 0. The molecule has 0 unspecified atom stereocenters. The minimum Gasteiger partial charge on any atom is -0.495 e. The van der Waals surface area contributed by atoms with E-state index in [0.29, 0.717) is 24.4 Å². The van der Waals surface area contributed by atoms with Crippen molar-refractivity contribution in [2.45, 2.75) is 19.0 Å². The molecule has 3 heterocycles. The predicted molar refractivity (Wildman–Crippen MR) is 88.0 cm³/mol. The average Bonchev–Trinajstić information content (AvgIpc) is 3.23. The van der Waals surface area contributed by atoms with Gasteiger partial charge >= 0.3 is 0 Å². The highest BCUT2D eigenvalue weighted by atomic mass is 16.5. The summed E-state index contributed by atoms with van der Waals surface area (Å²) in [6.45, 7) is 3.09. The highest BCUT2D eigenvalue weighted by Crippen LogP contribution is 2.28. The molecule has 1 aliphatic heterocycles. The molecule has 0 aliphatic carbocycles. The summed E-state index contributed by atoms with van der Waals surface area (Å²) < 4.78 is 7.10. The summed E-state index contributed by atoms with van der Waals surface area (Å²) in [6.07, 6.45) is 6.73. The monoisotopic (exact) mass is 330 g/mol. The number of likely N-dealkylation sites (N-methyl/N-ethyl adjacent to an activating group) is 1. The molecule has 1 aliphatic rings. The van der Waals surface area contributed by atoms with Crippen LogP contribution in [0.25, 0.3) is 0 Å². The molecule has 24 heavy (non-hydrogen) atoms. The van der Waals surface area contributed by atoms with Crippen LogP contribution in [-0.2, 0) is 0 Å². The van der Waals surface area contributed by atoms with Crippen LogP contribution in [0.15, 0.2) is 24.8 Å². The van der Waals surface area contributed by atoms with Gasteiger partial charge in [0.25, 0.3) is 5.91 Å². The predicted octanol–water partition coefficient (Wildman–Crippen LogP) is 0.617. The van der Waals surface area contributed by atoms with Gasteiger partial charge in [0.05, 0.1) is 37.2 Å². The first-order valence-electron chi connectivity index (χ1n) is 7.83. The Kier molecular flexibility index (Phi) is 4.48. The number of aromatic nitrogens is 4. The Hall–Kier alpha value is -2.48. The van der Waals surface area contributed by atoms with Gasteiger partial charge in [0.1, 0.15) is 5.75 Å². The molecule has 2 atom stereocenters. The summed E-state index contributed by atoms with van der Waals surface area (Å²) in [5.74, 6) is 0.588. The quantitative estimate of drug-likeness (QED) is 0.818. The van der Waals surface area contributed by atoms with E-state index in [4.69, 9.17) is 4.74 Å². The third-order valence-corrected chi connectivity index (χ3v) is 4.61. The molecule has 1 saturated heterocycles. The van der Waals surface area contributed by atoms with Gasteiger partial charge in [-0.25, -0.2) is 4.68 Å². The first-order chi connectivity index (χ1) is 11.5. The van der Waals surface area contributed by atoms with Gasteiger partial charge in [-0.05, 0) is 21.0 Å². The highest BCUT2D eigenvalue weighted by molar-refractivity contribution is 5.96. The summed E-state index contributed by atoms with van der Waals surface area (Å²) >= 11 is 0. The number of carbonyl (C=O) groups excluding carboxylic acids is 1. The summed E-state index contributed by atoms with van der Waals surface area (Å²) in [4.78, 5) is 21.1. The molecule has 0 N–H and O–H groups in total. The first-order valence-corrected chi connectivity index (χ1v) is 7.83. The number of carbonyl (C=O) groups is 1. The van der Waals surface area contributed by atoms with Gasteiger partial charge in [-0.1, -0.05) is 5.21 Å². The lowest BCUT2D eigenvalue weighted by Gasteiger charge is -2.24. The van der Waals surface area contributed by atoms with E-state index in [-0.39, 0.29) is 18.0 Å². The van der Waals surface area contributed by atoms with Crippen LogP contribution in [0.2, 0.25) is 0 Å². The van der Waals surface area contributed by atoms with Crippen molar-refractivity contribution in [3.8, 4) is 5.75 Å². The fourth-order valence-corrected chi connectivity index (χ4v) is 3.19. The second-order valence-corrected chi connectivity index (χ2v) is 6.21. The molecule has 0 aromatic carbocycles. The summed E-state index contributed by atoms with van der Waals surface area (Å²) in [5, 5.41) is 8.00. The molecule has 1 fully saturated rings. The molecular weight excluding hydrogens is 308 g/mol. The van der Waals surface area contributed by atoms with Gasteiger partial charge in [-0.3, -0.25) is 9.78 Å². The minimum atomic E-state index is -0.0339. The van der Waals surface area contributed by atoms with Crippen molar-refractivity contribution < 1.29 is 9.53 Å². The van der Waals surface area contributed by atoms with Gasteiger partial charge in [0.2, 0.25) is 0 Å². The summed E-state index contributed by atoms with van der Waals surface area (Å²) in [7, 11) is 5.61. The zero-order chi connectivity index (χ0) is 17.3. The lowest BCUT2D eigenvalue weighted by atomic mass is 10.1. The van der Waals surface area contributed by atoms with E-state index in [1.54, 1.807) is 25.7 Å². The molecular formula is C16H22N6O2. The molecule has 0 spiro atoms. The molecule has 128 valence electrons. The number of hydrogen-bond acceptors (Lipinski definition) is 6. The van der Waals surface area contributed by atoms with Crippen LogP contribution in [-0.4, -0.2) is 76.0 Å². The molecule has 8 nitrogen and oxygen atoms in total. The number of likely N-dealkylation sites (tertiary alicyclic amines) is 1. The Labute approximate surface area is 141 Å². The van der Waals surface area contributed by atoms with Gasteiger partial charge in [0, 0.05) is 31.0 Å². The van der Waals surface area contributed by atoms with Crippen molar-refractivity contribution in [2.75, 3.05) is 34.3 Å². The second-order valence-electron chi connectivity index (χ2n) is 6.21. The number of nitrogens with zero attached hydrogens (tertiary/aromatic N) is 6. The van der Waals surface area contributed by atoms with Crippen LogP contribution < -0.4 is 4.74 Å². The van der Waals surface area contributed by atoms with Crippen molar-refractivity contribution in [1.29, 1.82) is 0 Å². The Bertz CT molecular complexity index is 715. The number of amides is 1. The smallest absolute Gasteiger partial charge is 0.255 e. The number of ether oxygens (including phenoxy) is 1. The zero-order valence-corrected chi connectivity index (χ0v) is 14.4. The van der Waals surface area contributed by atoms with Gasteiger partial charge in [-0.15, -0.1) is 5.10 Å². The van der Waals surface area contributed by atoms with Crippen molar-refractivity contribution in [1.82, 2.24) is 29.8 Å². The fraction of sp³-hybridized carbons (Fsp3) is 0.500. The van der Waals surface area contributed by atoms with Crippen LogP contribution in [0, 0.1) is 6.92 Å². The highest BCUT2D eigenvalue weighted by Gasteiger charge is 2.38. The maximum absolute atomic E-state index is 13.0. The van der Waals surface area contributed by atoms with Crippen LogP contribution in [0.1, 0.15) is 22.0 Å². The van der Waals surface area contributed by atoms with Crippen molar-refractivity contribution in [2.24, 2.45) is 0 Å². The number of methoxy groups -OCH3 is 1. The van der Waals surface area contributed by atoms with Crippen LogP contribution in [0.3, 0.4) is 0 Å². The molecule has 3 rings (SSSR count). The van der Waals surface area contributed by atoms with Crippen LogP contribution in [0.5, 0.6) is 5.75 Å².